The highest BCUT2D eigenvalue weighted by Crippen LogP contribution is 2.23. The van der Waals surface area contributed by atoms with E-state index in [4.69, 9.17) is 9.57 Å². The third-order valence-corrected chi connectivity index (χ3v) is 5.82. The van der Waals surface area contributed by atoms with Gasteiger partial charge >= 0.3 is 0 Å². The maximum Gasteiger partial charge on any atom is 0.258 e. The molecule has 37 heavy (non-hydrogen) atoms. The molecule has 0 radical (unpaired) electrons. The summed E-state index contributed by atoms with van der Waals surface area (Å²) in [7, 11) is 0. The Balaban J connectivity index is 1.55. The fourth-order valence-corrected chi connectivity index (χ4v) is 3.73. The first-order valence-corrected chi connectivity index (χ1v) is 12.1. The molecule has 0 unspecified atom stereocenters. The Morgan fingerprint density at radius 3 is 2.65 bits per heavy atom. The first kappa shape index (κ1) is 27.6. The van der Waals surface area contributed by atoms with E-state index in [1.165, 1.54) is 0 Å². The molecule has 3 rings (SSSR count). The van der Waals surface area contributed by atoms with E-state index in [9.17, 15) is 20.0 Å². The number of carbonyl (C=O) groups excluding carboxylic acids is 2. The number of aliphatic hydroxyl groups is 1. The van der Waals surface area contributed by atoms with Crippen LogP contribution in [-0.2, 0) is 9.59 Å². The molecular weight excluding hydrogens is 474 g/mol. The van der Waals surface area contributed by atoms with Crippen molar-refractivity contribution in [3.05, 3.63) is 59.7 Å². The molecule has 3 N–H and O–H groups in total. The van der Waals surface area contributed by atoms with E-state index in [1.54, 1.807) is 48.4 Å². The summed E-state index contributed by atoms with van der Waals surface area (Å²) in [5.74, 6) is 0.490. The average Bonchev–Trinajstić information content (AvgIpc) is 2.86. The molecule has 196 valence electrons. The van der Waals surface area contributed by atoms with Crippen molar-refractivity contribution in [3.8, 4) is 17.6 Å². The number of ether oxygens (including phenoxy) is 1. The molecule has 0 fully saturated rings. The molecular formula is C27H33N5O5. The molecule has 2 amide bonds. The van der Waals surface area contributed by atoms with Gasteiger partial charge in [0.05, 0.1) is 29.5 Å². The number of aliphatic hydroxyl groups excluding tert-OH is 1. The third-order valence-electron chi connectivity index (χ3n) is 5.82. The number of para-hydroxylation sites is 1. The summed E-state index contributed by atoms with van der Waals surface area (Å²) in [6.45, 7) is 7.50. The van der Waals surface area contributed by atoms with Gasteiger partial charge in [-0.05, 0) is 62.7 Å². The van der Waals surface area contributed by atoms with Gasteiger partial charge in [-0.1, -0.05) is 19.1 Å². The Labute approximate surface area is 216 Å². The Hall–Kier alpha value is -3.94. The van der Waals surface area contributed by atoms with Gasteiger partial charge in [-0.25, -0.2) is 5.43 Å². The van der Waals surface area contributed by atoms with Crippen LogP contribution in [-0.4, -0.2) is 59.0 Å². The van der Waals surface area contributed by atoms with Gasteiger partial charge in [0.2, 0.25) is 5.91 Å². The van der Waals surface area contributed by atoms with Crippen molar-refractivity contribution in [2.24, 2.45) is 11.0 Å². The first-order chi connectivity index (χ1) is 17.6. The van der Waals surface area contributed by atoms with Crippen LogP contribution in [0.1, 0.15) is 45.2 Å². The van der Waals surface area contributed by atoms with Gasteiger partial charge in [0.1, 0.15) is 11.8 Å². The van der Waals surface area contributed by atoms with Crippen molar-refractivity contribution in [3.63, 3.8) is 0 Å². The second-order valence-electron chi connectivity index (χ2n) is 9.65. The van der Waals surface area contributed by atoms with E-state index >= 15 is 0 Å². The number of nitrogens with one attached hydrogen (secondary N) is 2. The lowest BCUT2D eigenvalue weighted by Crippen LogP contribution is -2.55. The minimum atomic E-state index is -0.719. The highest BCUT2D eigenvalue weighted by atomic mass is 16.7. The van der Waals surface area contributed by atoms with Gasteiger partial charge in [0.25, 0.3) is 5.91 Å². The number of carbonyl (C=O) groups is 2. The molecule has 10 nitrogen and oxygen atoms in total. The van der Waals surface area contributed by atoms with Gasteiger partial charge < -0.3 is 20.0 Å². The minimum absolute atomic E-state index is 0.0143. The first-order valence-electron chi connectivity index (χ1n) is 12.1. The van der Waals surface area contributed by atoms with Gasteiger partial charge in [-0.3, -0.25) is 9.59 Å². The number of nitriles is 1. The van der Waals surface area contributed by atoms with Crippen molar-refractivity contribution in [1.82, 2.24) is 15.8 Å². The summed E-state index contributed by atoms with van der Waals surface area (Å²) in [4.78, 5) is 29.9. The van der Waals surface area contributed by atoms with E-state index < -0.39 is 11.6 Å². The molecule has 2 aromatic rings. The van der Waals surface area contributed by atoms with E-state index in [0.29, 0.717) is 23.5 Å². The smallest absolute Gasteiger partial charge is 0.258 e. The maximum absolute atomic E-state index is 12.5. The third kappa shape index (κ3) is 7.77. The highest BCUT2D eigenvalue weighted by molar-refractivity contribution is 6.05. The van der Waals surface area contributed by atoms with E-state index in [1.807, 2.05) is 32.9 Å². The Morgan fingerprint density at radius 1 is 1.30 bits per heavy atom. The molecule has 1 aliphatic rings. The Kier molecular flexibility index (Phi) is 9.22. The zero-order valence-corrected chi connectivity index (χ0v) is 21.5. The number of β-amino-alcohol motifs (C(OH)–C–C–N with tert-alkyl or cyclic N) is 1. The molecule has 2 atom stereocenters. The van der Waals surface area contributed by atoms with E-state index in [-0.39, 0.29) is 37.4 Å². The number of hydrazone groups is 1. The molecule has 0 aliphatic carbocycles. The monoisotopic (exact) mass is 507 g/mol. The van der Waals surface area contributed by atoms with Crippen LogP contribution in [0.15, 0.2) is 53.6 Å². The second kappa shape index (κ2) is 12.3. The summed E-state index contributed by atoms with van der Waals surface area (Å²) in [5.41, 5.74) is 3.83. The zero-order valence-electron chi connectivity index (χ0n) is 21.5. The maximum atomic E-state index is 12.5. The van der Waals surface area contributed by atoms with Crippen molar-refractivity contribution < 1.29 is 24.3 Å². The number of rotatable bonds is 11. The number of amides is 2. The van der Waals surface area contributed by atoms with Gasteiger partial charge in [-0.2, -0.15) is 10.4 Å². The average molecular weight is 508 g/mol. The molecule has 1 heterocycles. The van der Waals surface area contributed by atoms with Crippen LogP contribution in [0.25, 0.3) is 0 Å². The fourth-order valence-electron chi connectivity index (χ4n) is 3.73. The molecule has 0 spiro atoms. The predicted octanol–water partition coefficient (Wildman–Crippen LogP) is 2.37. The minimum Gasteiger partial charge on any atom is -0.484 e. The normalized spacial score (nSPS) is 16.3. The van der Waals surface area contributed by atoms with Gasteiger partial charge in [-0.15, -0.1) is 5.06 Å². The van der Waals surface area contributed by atoms with E-state index in [0.717, 1.165) is 11.3 Å². The molecule has 0 bridgehead atoms. The molecule has 1 aliphatic heterocycles. The summed E-state index contributed by atoms with van der Waals surface area (Å²) in [5, 5.41) is 27.9. The number of hydrogen-bond acceptors (Lipinski definition) is 8. The van der Waals surface area contributed by atoms with Crippen LogP contribution in [0.3, 0.4) is 0 Å². The van der Waals surface area contributed by atoms with Gasteiger partial charge in [0, 0.05) is 18.9 Å². The summed E-state index contributed by atoms with van der Waals surface area (Å²) >= 11 is 0. The fraction of sp³-hybridized carbons (Fsp3) is 0.407. The topological polar surface area (TPSA) is 136 Å². The predicted molar refractivity (Wildman–Crippen MR) is 138 cm³/mol. The lowest BCUT2D eigenvalue weighted by atomic mass is 9.94. The van der Waals surface area contributed by atoms with Gasteiger partial charge in [0.15, 0.2) is 12.4 Å². The summed E-state index contributed by atoms with van der Waals surface area (Å²) in [6.07, 6.45) is -0.313. The molecule has 0 saturated carbocycles. The summed E-state index contributed by atoms with van der Waals surface area (Å²) < 4.78 is 5.63. The van der Waals surface area contributed by atoms with Crippen LogP contribution < -0.4 is 20.3 Å². The van der Waals surface area contributed by atoms with E-state index in [2.05, 4.69) is 21.9 Å². The number of hydroxylamine groups is 2. The molecule has 10 heteroatoms. The van der Waals surface area contributed by atoms with Crippen molar-refractivity contribution in [1.29, 1.82) is 5.26 Å². The van der Waals surface area contributed by atoms with Crippen LogP contribution >= 0.6 is 0 Å². The number of benzene rings is 2. The van der Waals surface area contributed by atoms with Crippen LogP contribution in [0, 0.1) is 17.2 Å². The SMILES string of the molecule is C[C@H](O)CN(Oc1ccccc1C#N)C(C)(C)CNC(=O)COc1ccc(C2=NNC(=O)C[C@H]2C)cc1. The largest absolute Gasteiger partial charge is 0.484 e. The lowest BCUT2D eigenvalue weighted by molar-refractivity contribution is -0.150. The number of hydrogen-bond donors (Lipinski definition) is 3. The summed E-state index contributed by atoms with van der Waals surface area (Å²) in [6, 6.07) is 16.1. The lowest BCUT2D eigenvalue weighted by Gasteiger charge is -2.38. The standard InChI is InChI=1S/C27H33N5O5/c1-18-13-24(34)30-31-26(18)20-9-11-22(12-10-20)36-16-25(35)29-17-27(3,4)32(15-19(2)33)37-23-8-6-5-7-21(23)14-28/h5-12,18-19,33H,13,15-17H2,1-4H3,(H,29,35)(H,30,34)/t18-,19+/m1/s1. The molecule has 0 aromatic heterocycles. The number of nitrogens with zero attached hydrogens (tertiary/aromatic N) is 3. The zero-order chi connectivity index (χ0) is 27.0. The Bertz CT molecular complexity index is 1170. The van der Waals surface area contributed by atoms with Crippen molar-refractivity contribution in [2.75, 3.05) is 19.7 Å². The molecule has 0 saturated heterocycles. The molecule has 2 aromatic carbocycles. The highest BCUT2D eigenvalue weighted by Gasteiger charge is 2.31. The van der Waals surface area contributed by atoms with Crippen LogP contribution in [0.5, 0.6) is 11.5 Å². The second-order valence-corrected chi connectivity index (χ2v) is 9.65. The van der Waals surface area contributed by atoms with Crippen molar-refractivity contribution in [2.45, 2.75) is 45.8 Å². The van der Waals surface area contributed by atoms with Crippen molar-refractivity contribution >= 4 is 17.5 Å². The quantitative estimate of drug-likeness (QED) is 0.397. The van der Waals surface area contributed by atoms with Crippen LogP contribution in [0.2, 0.25) is 0 Å². The Morgan fingerprint density at radius 2 is 2.00 bits per heavy atom. The van der Waals surface area contributed by atoms with Crippen LogP contribution in [0.4, 0.5) is 0 Å².